The summed E-state index contributed by atoms with van der Waals surface area (Å²) in [7, 11) is 0. The maximum absolute atomic E-state index is 3.46. The average Bonchev–Trinajstić information content (AvgIpc) is 2.99. The minimum Gasteiger partial charge on any atom is -0.314 e. The third-order valence-electron chi connectivity index (χ3n) is 4.21. The molecule has 0 saturated carbocycles. The molecular weight excluding hydrogens is 276 g/mol. The standard InChI is InChI=1S/C18H24N2S/c1-3-16-8-9-17(21-16)18(20-12-10-19-11-13-20)15-6-4-14(2)5-7-15/h4-9,18-19H,3,10-13H2,1-2H3. The third-order valence-corrected chi connectivity index (χ3v) is 5.49. The van der Waals surface area contributed by atoms with Gasteiger partial charge in [-0.05, 0) is 31.0 Å². The van der Waals surface area contributed by atoms with E-state index in [4.69, 9.17) is 0 Å². The number of nitrogens with zero attached hydrogens (tertiary/aromatic N) is 1. The van der Waals surface area contributed by atoms with Crippen LogP contribution < -0.4 is 5.32 Å². The Morgan fingerprint density at radius 3 is 2.43 bits per heavy atom. The number of hydrogen-bond acceptors (Lipinski definition) is 3. The van der Waals surface area contributed by atoms with Crippen molar-refractivity contribution in [2.45, 2.75) is 26.3 Å². The van der Waals surface area contributed by atoms with Gasteiger partial charge in [0.15, 0.2) is 0 Å². The number of thiophene rings is 1. The summed E-state index contributed by atoms with van der Waals surface area (Å²) < 4.78 is 0. The van der Waals surface area contributed by atoms with Crippen LogP contribution in [0.4, 0.5) is 0 Å². The molecule has 0 amide bonds. The molecule has 1 aromatic carbocycles. The fraction of sp³-hybridized carbons (Fsp3) is 0.444. The summed E-state index contributed by atoms with van der Waals surface area (Å²) >= 11 is 1.97. The molecule has 1 aliphatic rings. The zero-order valence-corrected chi connectivity index (χ0v) is 13.7. The van der Waals surface area contributed by atoms with Crippen molar-refractivity contribution in [3.63, 3.8) is 0 Å². The van der Waals surface area contributed by atoms with Gasteiger partial charge in [0.1, 0.15) is 0 Å². The van der Waals surface area contributed by atoms with E-state index in [0.717, 1.165) is 32.6 Å². The predicted octanol–water partition coefficient (Wildman–Crippen LogP) is 3.61. The van der Waals surface area contributed by atoms with Crippen molar-refractivity contribution in [2.24, 2.45) is 0 Å². The number of benzene rings is 1. The molecule has 1 saturated heterocycles. The molecule has 1 aromatic heterocycles. The lowest BCUT2D eigenvalue weighted by Crippen LogP contribution is -2.45. The Morgan fingerprint density at radius 1 is 1.10 bits per heavy atom. The third kappa shape index (κ3) is 3.37. The highest BCUT2D eigenvalue weighted by molar-refractivity contribution is 7.12. The van der Waals surface area contributed by atoms with Crippen molar-refractivity contribution < 1.29 is 0 Å². The highest BCUT2D eigenvalue weighted by atomic mass is 32.1. The fourth-order valence-corrected chi connectivity index (χ4v) is 4.09. The van der Waals surface area contributed by atoms with Gasteiger partial charge in [-0.25, -0.2) is 0 Å². The van der Waals surface area contributed by atoms with E-state index in [9.17, 15) is 0 Å². The van der Waals surface area contributed by atoms with Gasteiger partial charge in [0.25, 0.3) is 0 Å². The molecule has 0 bridgehead atoms. The second-order valence-electron chi connectivity index (χ2n) is 5.76. The number of rotatable bonds is 4. The van der Waals surface area contributed by atoms with Gasteiger partial charge in [0, 0.05) is 35.9 Å². The van der Waals surface area contributed by atoms with Crippen molar-refractivity contribution >= 4 is 11.3 Å². The van der Waals surface area contributed by atoms with Gasteiger partial charge in [-0.15, -0.1) is 11.3 Å². The van der Waals surface area contributed by atoms with E-state index in [-0.39, 0.29) is 0 Å². The molecule has 112 valence electrons. The van der Waals surface area contributed by atoms with Crippen LogP contribution in [0.3, 0.4) is 0 Å². The first-order valence-electron chi connectivity index (χ1n) is 7.88. The first-order valence-corrected chi connectivity index (χ1v) is 8.69. The van der Waals surface area contributed by atoms with Crippen LogP contribution >= 0.6 is 11.3 Å². The topological polar surface area (TPSA) is 15.3 Å². The quantitative estimate of drug-likeness (QED) is 0.928. The summed E-state index contributed by atoms with van der Waals surface area (Å²) in [6.45, 7) is 8.82. The minimum absolute atomic E-state index is 0.415. The molecule has 0 aliphatic carbocycles. The molecule has 1 unspecified atom stereocenters. The van der Waals surface area contributed by atoms with Crippen LogP contribution in [0.5, 0.6) is 0 Å². The Kier molecular flexibility index (Phi) is 4.73. The van der Waals surface area contributed by atoms with E-state index in [0.29, 0.717) is 6.04 Å². The van der Waals surface area contributed by atoms with Crippen molar-refractivity contribution in [2.75, 3.05) is 26.2 Å². The van der Waals surface area contributed by atoms with Gasteiger partial charge in [0.05, 0.1) is 6.04 Å². The van der Waals surface area contributed by atoms with E-state index < -0.39 is 0 Å². The molecule has 0 radical (unpaired) electrons. The second kappa shape index (κ2) is 6.73. The Balaban J connectivity index is 1.95. The number of hydrogen-bond donors (Lipinski definition) is 1. The molecule has 2 aromatic rings. The van der Waals surface area contributed by atoms with E-state index in [1.165, 1.54) is 20.9 Å². The van der Waals surface area contributed by atoms with Crippen molar-refractivity contribution in [1.29, 1.82) is 0 Å². The second-order valence-corrected chi connectivity index (χ2v) is 6.96. The van der Waals surface area contributed by atoms with Gasteiger partial charge in [-0.2, -0.15) is 0 Å². The Morgan fingerprint density at radius 2 is 1.81 bits per heavy atom. The van der Waals surface area contributed by atoms with Crippen LogP contribution in [0.15, 0.2) is 36.4 Å². The summed E-state index contributed by atoms with van der Waals surface area (Å²) in [5, 5.41) is 3.46. The van der Waals surface area contributed by atoms with Crippen molar-refractivity contribution in [3.05, 3.63) is 57.3 Å². The van der Waals surface area contributed by atoms with Crippen LogP contribution in [0.25, 0.3) is 0 Å². The molecule has 3 heteroatoms. The number of nitrogens with one attached hydrogen (secondary N) is 1. The molecule has 2 nitrogen and oxygen atoms in total. The maximum Gasteiger partial charge on any atom is 0.0697 e. The van der Waals surface area contributed by atoms with Gasteiger partial charge in [0.2, 0.25) is 0 Å². The molecule has 1 fully saturated rings. The van der Waals surface area contributed by atoms with Crippen molar-refractivity contribution in [1.82, 2.24) is 10.2 Å². The largest absolute Gasteiger partial charge is 0.314 e. The average molecular weight is 300 g/mol. The van der Waals surface area contributed by atoms with Gasteiger partial charge < -0.3 is 5.32 Å². The minimum atomic E-state index is 0.415. The molecular formula is C18H24N2S. The van der Waals surface area contributed by atoms with E-state index in [2.05, 4.69) is 60.5 Å². The van der Waals surface area contributed by atoms with E-state index >= 15 is 0 Å². The summed E-state index contributed by atoms with van der Waals surface area (Å²) in [5.41, 5.74) is 2.75. The highest BCUT2D eigenvalue weighted by Crippen LogP contribution is 2.34. The van der Waals surface area contributed by atoms with Crippen LogP contribution in [-0.2, 0) is 6.42 Å². The first-order chi connectivity index (χ1) is 10.3. The maximum atomic E-state index is 3.46. The smallest absolute Gasteiger partial charge is 0.0697 e. The predicted molar refractivity (Wildman–Crippen MR) is 91.2 cm³/mol. The normalized spacial score (nSPS) is 17.8. The monoisotopic (exact) mass is 300 g/mol. The van der Waals surface area contributed by atoms with Gasteiger partial charge >= 0.3 is 0 Å². The van der Waals surface area contributed by atoms with Gasteiger partial charge in [-0.3, -0.25) is 4.90 Å². The molecule has 2 heterocycles. The SMILES string of the molecule is CCc1ccc(C(c2ccc(C)cc2)N2CCNCC2)s1. The molecule has 1 atom stereocenters. The molecule has 1 aliphatic heterocycles. The Bertz CT molecular complexity index is 567. The van der Waals surface area contributed by atoms with Crippen LogP contribution in [0, 0.1) is 6.92 Å². The van der Waals surface area contributed by atoms with Crippen molar-refractivity contribution in [3.8, 4) is 0 Å². The molecule has 1 N–H and O–H groups in total. The van der Waals surface area contributed by atoms with E-state index in [1.54, 1.807) is 0 Å². The summed E-state index contributed by atoms with van der Waals surface area (Å²) in [5.74, 6) is 0. The van der Waals surface area contributed by atoms with Gasteiger partial charge in [-0.1, -0.05) is 36.8 Å². The zero-order chi connectivity index (χ0) is 14.7. The number of piperazine rings is 1. The highest BCUT2D eigenvalue weighted by Gasteiger charge is 2.25. The van der Waals surface area contributed by atoms with Crippen LogP contribution in [-0.4, -0.2) is 31.1 Å². The lowest BCUT2D eigenvalue weighted by molar-refractivity contribution is 0.200. The van der Waals surface area contributed by atoms with E-state index in [1.807, 2.05) is 11.3 Å². The molecule has 0 spiro atoms. The van der Waals surface area contributed by atoms with Crippen LogP contribution in [0.2, 0.25) is 0 Å². The summed E-state index contributed by atoms with van der Waals surface area (Å²) in [6, 6.07) is 14.1. The Labute approximate surface area is 131 Å². The zero-order valence-electron chi connectivity index (χ0n) is 12.9. The lowest BCUT2D eigenvalue weighted by atomic mass is 10.0. The Hall–Kier alpha value is -1.16. The summed E-state index contributed by atoms with van der Waals surface area (Å²) in [6.07, 6.45) is 1.13. The molecule has 3 rings (SSSR count). The summed E-state index contributed by atoms with van der Waals surface area (Å²) in [4.78, 5) is 5.58. The first kappa shape index (κ1) is 14.8. The van der Waals surface area contributed by atoms with Crippen LogP contribution in [0.1, 0.15) is 33.8 Å². The molecule has 21 heavy (non-hydrogen) atoms. The fourth-order valence-electron chi connectivity index (χ4n) is 2.98. The number of aryl methyl sites for hydroxylation is 2. The lowest BCUT2D eigenvalue weighted by Gasteiger charge is -2.34.